The minimum absolute atomic E-state index is 0.308. The zero-order chi connectivity index (χ0) is 16.8. The minimum atomic E-state index is -1.06. The number of ether oxygens (including phenoxy) is 2. The Morgan fingerprint density at radius 3 is 2.23 bits per heavy atom. The van der Waals surface area contributed by atoms with Crippen LogP contribution < -0.4 is 4.74 Å². The molecule has 0 aliphatic heterocycles. The largest absolute Gasteiger partial charge is 0.497 e. The molecule has 1 aromatic carbocycles. The van der Waals surface area contributed by atoms with Crippen molar-refractivity contribution < 1.29 is 19.4 Å². The molecule has 22 heavy (non-hydrogen) atoms. The molecule has 0 aliphatic rings. The summed E-state index contributed by atoms with van der Waals surface area (Å²) in [6.07, 6.45) is 1.03. The fourth-order valence-electron chi connectivity index (χ4n) is 2.33. The van der Waals surface area contributed by atoms with E-state index >= 15 is 0 Å². The molecular formula is C18H28O4. The first-order chi connectivity index (χ1) is 10.3. The SMILES string of the molecule is CCC(CC[C@H](O)C(=O)OC(C)(C)C)c1ccc(OC)cc1. The lowest BCUT2D eigenvalue weighted by Crippen LogP contribution is -2.31. The van der Waals surface area contributed by atoms with Crippen molar-refractivity contribution in [2.45, 2.75) is 64.6 Å². The van der Waals surface area contributed by atoms with Crippen molar-refractivity contribution in [1.29, 1.82) is 0 Å². The molecule has 4 heteroatoms. The van der Waals surface area contributed by atoms with Gasteiger partial charge < -0.3 is 14.6 Å². The number of hydrogen-bond acceptors (Lipinski definition) is 4. The number of carbonyl (C=O) groups is 1. The van der Waals surface area contributed by atoms with Gasteiger partial charge in [-0.1, -0.05) is 19.1 Å². The van der Waals surface area contributed by atoms with Crippen LogP contribution in [0.4, 0.5) is 0 Å². The standard InChI is InChI=1S/C18H28O4/c1-6-13(14-7-10-15(21-5)11-8-14)9-12-16(19)17(20)22-18(2,3)4/h7-8,10-11,13,16,19H,6,9,12H2,1-5H3/t13?,16-/m0/s1. The van der Waals surface area contributed by atoms with Gasteiger partial charge in [-0.05, 0) is 63.6 Å². The average molecular weight is 308 g/mol. The lowest BCUT2D eigenvalue weighted by Gasteiger charge is -2.22. The van der Waals surface area contributed by atoms with Crippen LogP contribution in [0, 0.1) is 0 Å². The summed E-state index contributed by atoms with van der Waals surface area (Å²) in [5, 5.41) is 9.96. The molecule has 1 N–H and O–H groups in total. The van der Waals surface area contributed by atoms with Crippen molar-refractivity contribution >= 4 is 5.97 Å². The summed E-state index contributed by atoms with van der Waals surface area (Å²) < 4.78 is 10.4. The second-order valence-electron chi connectivity index (χ2n) is 6.50. The Morgan fingerprint density at radius 2 is 1.77 bits per heavy atom. The van der Waals surface area contributed by atoms with Crippen molar-refractivity contribution in [3.63, 3.8) is 0 Å². The third kappa shape index (κ3) is 6.06. The summed E-state index contributed by atoms with van der Waals surface area (Å²) in [4.78, 5) is 11.8. The van der Waals surface area contributed by atoms with Crippen LogP contribution in [0.1, 0.15) is 58.4 Å². The van der Waals surface area contributed by atoms with Crippen LogP contribution >= 0.6 is 0 Å². The van der Waals surface area contributed by atoms with Gasteiger partial charge in [0.15, 0.2) is 6.10 Å². The maximum Gasteiger partial charge on any atom is 0.335 e. The molecule has 1 unspecified atom stereocenters. The summed E-state index contributed by atoms with van der Waals surface area (Å²) in [6.45, 7) is 7.49. The number of aliphatic hydroxyl groups is 1. The fourth-order valence-corrected chi connectivity index (χ4v) is 2.33. The lowest BCUT2D eigenvalue weighted by molar-refractivity contribution is -0.165. The predicted molar refractivity (Wildman–Crippen MR) is 87.1 cm³/mol. The van der Waals surface area contributed by atoms with Crippen molar-refractivity contribution in [2.75, 3.05) is 7.11 Å². The molecule has 0 aliphatic carbocycles. The smallest absolute Gasteiger partial charge is 0.335 e. The van der Waals surface area contributed by atoms with Gasteiger partial charge in [-0.2, -0.15) is 0 Å². The minimum Gasteiger partial charge on any atom is -0.497 e. The van der Waals surface area contributed by atoms with Crippen LogP contribution in [0.15, 0.2) is 24.3 Å². The second-order valence-corrected chi connectivity index (χ2v) is 6.50. The van der Waals surface area contributed by atoms with E-state index in [2.05, 4.69) is 6.92 Å². The van der Waals surface area contributed by atoms with Crippen molar-refractivity contribution in [3.8, 4) is 5.75 Å². The van der Waals surface area contributed by atoms with E-state index in [1.807, 2.05) is 24.3 Å². The number of aliphatic hydroxyl groups excluding tert-OH is 1. The fraction of sp³-hybridized carbons (Fsp3) is 0.611. The number of esters is 1. The highest BCUT2D eigenvalue weighted by atomic mass is 16.6. The molecule has 0 saturated heterocycles. The molecule has 0 amide bonds. The van der Waals surface area contributed by atoms with Gasteiger partial charge in [-0.15, -0.1) is 0 Å². The highest BCUT2D eigenvalue weighted by Gasteiger charge is 2.24. The first-order valence-corrected chi connectivity index (χ1v) is 7.81. The Balaban J connectivity index is 2.57. The molecule has 0 saturated carbocycles. The zero-order valence-corrected chi connectivity index (χ0v) is 14.3. The van der Waals surface area contributed by atoms with Crippen LogP contribution in [-0.4, -0.2) is 29.9 Å². The summed E-state index contributed by atoms with van der Waals surface area (Å²) in [5.41, 5.74) is 0.623. The number of methoxy groups -OCH3 is 1. The van der Waals surface area contributed by atoms with Crippen LogP contribution in [0.25, 0.3) is 0 Å². The summed E-state index contributed by atoms with van der Waals surface area (Å²) in [7, 11) is 1.64. The van der Waals surface area contributed by atoms with Crippen molar-refractivity contribution in [3.05, 3.63) is 29.8 Å². The molecule has 0 bridgehead atoms. The second kappa shape index (κ2) is 8.18. The Hall–Kier alpha value is -1.55. The van der Waals surface area contributed by atoms with E-state index in [0.29, 0.717) is 12.3 Å². The number of hydrogen-bond donors (Lipinski definition) is 1. The van der Waals surface area contributed by atoms with E-state index in [1.54, 1.807) is 27.9 Å². The van der Waals surface area contributed by atoms with Crippen molar-refractivity contribution in [1.82, 2.24) is 0 Å². The molecule has 0 aromatic heterocycles. The van der Waals surface area contributed by atoms with Gasteiger partial charge in [0.1, 0.15) is 11.4 Å². The van der Waals surface area contributed by atoms with E-state index in [0.717, 1.165) is 18.6 Å². The molecule has 124 valence electrons. The molecule has 4 nitrogen and oxygen atoms in total. The summed E-state index contributed by atoms with van der Waals surface area (Å²) >= 11 is 0. The van der Waals surface area contributed by atoms with Crippen molar-refractivity contribution in [2.24, 2.45) is 0 Å². The van der Waals surface area contributed by atoms with E-state index < -0.39 is 17.7 Å². The molecule has 1 rings (SSSR count). The monoisotopic (exact) mass is 308 g/mol. The van der Waals surface area contributed by atoms with E-state index in [9.17, 15) is 9.90 Å². The van der Waals surface area contributed by atoms with Crippen LogP contribution in [0.3, 0.4) is 0 Å². The van der Waals surface area contributed by atoms with Gasteiger partial charge >= 0.3 is 5.97 Å². The molecule has 2 atom stereocenters. The topological polar surface area (TPSA) is 55.8 Å². The van der Waals surface area contributed by atoms with E-state index in [1.165, 1.54) is 5.56 Å². The van der Waals surface area contributed by atoms with Gasteiger partial charge in [-0.3, -0.25) is 0 Å². The molecule has 0 heterocycles. The molecule has 0 spiro atoms. The van der Waals surface area contributed by atoms with E-state index in [4.69, 9.17) is 9.47 Å². The summed E-state index contributed by atoms with van der Waals surface area (Å²) in [5.74, 6) is 0.590. The Bertz CT molecular complexity index is 459. The third-order valence-corrected chi connectivity index (χ3v) is 3.55. The van der Waals surface area contributed by atoms with Gasteiger partial charge in [0.2, 0.25) is 0 Å². The highest BCUT2D eigenvalue weighted by Crippen LogP contribution is 2.27. The maximum absolute atomic E-state index is 11.8. The van der Waals surface area contributed by atoms with Gasteiger partial charge in [0.25, 0.3) is 0 Å². The van der Waals surface area contributed by atoms with Gasteiger partial charge in [0, 0.05) is 0 Å². The van der Waals surface area contributed by atoms with Gasteiger partial charge in [-0.25, -0.2) is 4.79 Å². The molecule has 0 radical (unpaired) electrons. The quantitative estimate of drug-likeness (QED) is 0.781. The zero-order valence-electron chi connectivity index (χ0n) is 14.3. The molecule has 1 aromatic rings. The average Bonchev–Trinajstić information content (AvgIpc) is 2.46. The number of rotatable bonds is 7. The molecular weight excluding hydrogens is 280 g/mol. The molecule has 0 fully saturated rings. The Labute approximate surface area is 133 Å². The van der Waals surface area contributed by atoms with Gasteiger partial charge in [0.05, 0.1) is 7.11 Å². The number of carbonyl (C=O) groups excluding carboxylic acids is 1. The third-order valence-electron chi connectivity index (χ3n) is 3.55. The summed E-state index contributed by atoms with van der Waals surface area (Å²) in [6, 6.07) is 7.93. The van der Waals surface area contributed by atoms with E-state index in [-0.39, 0.29) is 0 Å². The Kier molecular flexibility index (Phi) is 6.88. The highest BCUT2D eigenvalue weighted by molar-refractivity contribution is 5.74. The lowest BCUT2D eigenvalue weighted by atomic mass is 9.90. The first-order valence-electron chi connectivity index (χ1n) is 7.81. The normalized spacial score (nSPS) is 14.3. The maximum atomic E-state index is 11.8. The number of benzene rings is 1. The first kappa shape index (κ1) is 18.5. The predicted octanol–water partition coefficient (Wildman–Crippen LogP) is 3.67. The van der Waals surface area contributed by atoms with Crippen LogP contribution in [-0.2, 0) is 9.53 Å². The van der Waals surface area contributed by atoms with Crippen LogP contribution in [0.5, 0.6) is 5.75 Å². The van der Waals surface area contributed by atoms with Crippen LogP contribution in [0.2, 0.25) is 0 Å². The Morgan fingerprint density at radius 1 is 1.18 bits per heavy atom.